The number of hydrogen-bond donors (Lipinski definition) is 0. The zero-order chi connectivity index (χ0) is 33.0. The van der Waals surface area contributed by atoms with Gasteiger partial charge in [0.2, 0.25) is 0 Å². The minimum atomic E-state index is -4.63. The zero-order valence-corrected chi connectivity index (χ0v) is 37.5. The van der Waals surface area contributed by atoms with Crippen LogP contribution in [0.5, 0.6) is 0 Å². The molecule has 0 heterocycles. The maximum absolute atomic E-state index is 12.1. The maximum atomic E-state index is 12.1. The summed E-state index contributed by atoms with van der Waals surface area (Å²) in [4.78, 5) is 0. The molecule has 0 spiro atoms. The monoisotopic (exact) mass is 742 g/mol. The molecule has 0 aromatic heterocycles. The Hall–Kier alpha value is 1.49. The molecule has 2 atom stereocenters. The van der Waals surface area contributed by atoms with Gasteiger partial charge < -0.3 is 13.8 Å². The van der Waals surface area contributed by atoms with E-state index < -0.39 is 30.7 Å². The molecule has 0 fully saturated rings. The van der Waals surface area contributed by atoms with E-state index in [1.807, 2.05) is 24.3 Å². The number of ether oxygens (including phenoxy) is 1. The van der Waals surface area contributed by atoms with Gasteiger partial charge in [0.05, 0.1) is 10.5 Å². The van der Waals surface area contributed by atoms with Gasteiger partial charge in [0.15, 0.2) is 0 Å². The molecule has 47 heavy (non-hydrogen) atoms. The molecular weight excluding hydrogens is 687 g/mol. The molecule has 0 aliphatic carbocycles. The second-order valence-electron chi connectivity index (χ2n) is 12.4. The second kappa shape index (κ2) is 28.1. The topological polar surface area (TPSA) is 124 Å². The molecule has 7 nitrogen and oxygen atoms in total. The van der Waals surface area contributed by atoms with Gasteiger partial charge in [0, 0.05) is 13.2 Å². The Labute approximate surface area is 371 Å². The summed E-state index contributed by atoms with van der Waals surface area (Å²) in [7, 11) is -9.25. The number of benzene rings is 2. The zero-order valence-electron chi connectivity index (χ0n) is 29.6. The third kappa shape index (κ3) is 21.6. The van der Waals surface area contributed by atoms with Gasteiger partial charge in [-0.1, -0.05) is 139 Å². The normalized spacial score (nSPS) is 13.0. The summed E-state index contributed by atoms with van der Waals surface area (Å²) in [6.45, 7) is 4.32. The van der Waals surface area contributed by atoms with Crippen LogP contribution in [0.1, 0.15) is 149 Å². The van der Waals surface area contributed by atoms with Crippen LogP contribution in [0.15, 0.2) is 48.5 Å². The van der Waals surface area contributed by atoms with E-state index in [-0.39, 0.29) is 129 Å². The van der Waals surface area contributed by atoms with Gasteiger partial charge in [-0.2, -0.15) is 0 Å². The molecule has 0 N–H and O–H groups in total. The summed E-state index contributed by atoms with van der Waals surface area (Å²) in [5.74, 6) is 0. The van der Waals surface area contributed by atoms with Crippen LogP contribution in [0.4, 0.5) is 0 Å². The van der Waals surface area contributed by atoms with Crippen molar-refractivity contribution in [2.24, 2.45) is 0 Å². The summed E-state index contributed by atoms with van der Waals surface area (Å²) in [5.41, 5.74) is 3.07. The van der Waals surface area contributed by atoms with Crippen molar-refractivity contribution >= 4 is 20.2 Å². The molecule has 0 aliphatic heterocycles. The summed E-state index contributed by atoms with van der Waals surface area (Å²) in [6, 6.07) is 14.3. The standard InChI is InChI=1S/C36H58O7S2.2K/c1-3-5-7-9-11-13-15-17-31-19-23-33(24-20-31)35(44(37,38)39)27-29-43-30-28-36(45(40,41)42)34-25-21-32(22-26-34)18-16-14-12-10-8-6-4-2;;/h19-26,35-36H,3-18,27-30H2,1-2H3,(H,37,38,39)(H,40,41,42);;/q;2*+1/p-2. The Kier molecular flexibility index (Phi) is 28.9. The average molecular weight is 743 g/mol. The Morgan fingerprint density at radius 1 is 0.511 bits per heavy atom. The molecule has 11 heteroatoms. The Bertz CT molecular complexity index is 1170. The van der Waals surface area contributed by atoms with E-state index in [1.165, 1.54) is 77.0 Å². The van der Waals surface area contributed by atoms with Gasteiger partial charge in [-0.05, 0) is 60.8 Å². The molecule has 0 bridgehead atoms. The number of aryl methyl sites for hydroxylation is 2. The largest absolute Gasteiger partial charge is 1.00 e. The van der Waals surface area contributed by atoms with Gasteiger partial charge in [-0.25, -0.2) is 16.8 Å². The fraction of sp³-hybridized carbons (Fsp3) is 0.667. The molecule has 0 saturated heterocycles. The predicted octanol–water partition coefficient (Wildman–Crippen LogP) is 2.95. The fourth-order valence-electron chi connectivity index (χ4n) is 5.81. The summed E-state index contributed by atoms with van der Waals surface area (Å²) in [6.07, 6.45) is 18.8. The van der Waals surface area contributed by atoms with Gasteiger partial charge in [0.25, 0.3) is 0 Å². The Morgan fingerprint density at radius 3 is 1.11 bits per heavy atom. The molecule has 2 aromatic rings. The first kappa shape index (κ1) is 48.5. The van der Waals surface area contributed by atoms with Crippen molar-refractivity contribution in [2.75, 3.05) is 13.2 Å². The van der Waals surface area contributed by atoms with Crippen molar-refractivity contribution in [3.8, 4) is 0 Å². The molecule has 0 aliphatic rings. The fourth-order valence-corrected chi connectivity index (χ4v) is 7.56. The summed E-state index contributed by atoms with van der Waals surface area (Å²) in [5, 5.41) is -2.51. The van der Waals surface area contributed by atoms with Crippen molar-refractivity contribution in [1.82, 2.24) is 0 Å². The van der Waals surface area contributed by atoms with Crippen LogP contribution in [0.2, 0.25) is 0 Å². The van der Waals surface area contributed by atoms with Gasteiger partial charge in [-0.3, -0.25) is 0 Å². The third-order valence-electron chi connectivity index (χ3n) is 8.59. The third-order valence-corrected chi connectivity index (χ3v) is 11.0. The van der Waals surface area contributed by atoms with Crippen LogP contribution < -0.4 is 103 Å². The molecule has 2 unspecified atom stereocenters. The van der Waals surface area contributed by atoms with E-state index in [2.05, 4.69) is 13.8 Å². The van der Waals surface area contributed by atoms with Crippen LogP contribution >= 0.6 is 0 Å². The first-order valence-corrected chi connectivity index (χ1v) is 20.1. The van der Waals surface area contributed by atoms with Crippen LogP contribution in [0.25, 0.3) is 0 Å². The molecule has 2 rings (SSSR count). The van der Waals surface area contributed by atoms with Crippen LogP contribution in [0, 0.1) is 0 Å². The van der Waals surface area contributed by atoms with Crippen LogP contribution in [-0.2, 0) is 37.8 Å². The van der Waals surface area contributed by atoms with Crippen LogP contribution in [0.3, 0.4) is 0 Å². The predicted molar refractivity (Wildman–Crippen MR) is 181 cm³/mol. The SMILES string of the molecule is CCCCCCCCCc1ccc(C(CCOCCC(c2ccc(CCCCCCCCC)cc2)S(=O)(=O)[O-])S(=O)(=O)[O-])cc1.[K+].[K+]. The minimum Gasteiger partial charge on any atom is -0.747 e. The first-order valence-electron chi connectivity index (χ1n) is 17.2. The van der Waals surface area contributed by atoms with Gasteiger partial charge in [-0.15, -0.1) is 0 Å². The van der Waals surface area contributed by atoms with Crippen molar-refractivity contribution < 1.29 is 133 Å². The van der Waals surface area contributed by atoms with Crippen molar-refractivity contribution in [3.05, 3.63) is 70.8 Å². The van der Waals surface area contributed by atoms with E-state index in [0.717, 1.165) is 36.8 Å². The van der Waals surface area contributed by atoms with Crippen molar-refractivity contribution in [2.45, 2.75) is 140 Å². The molecule has 0 radical (unpaired) electrons. The van der Waals surface area contributed by atoms with Gasteiger partial charge >= 0.3 is 103 Å². The van der Waals surface area contributed by atoms with Crippen molar-refractivity contribution in [3.63, 3.8) is 0 Å². The first-order chi connectivity index (χ1) is 21.6. The maximum Gasteiger partial charge on any atom is 1.00 e. The van der Waals surface area contributed by atoms with E-state index >= 15 is 0 Å². The molecule has 2 aromatic carbocycles. The average Bonchev–Trinajstić information content (AvgIpc) is 2.99. The van der Waals surface area contributed by atoms with E-state index in [0.29, 0.717) is 11.1 Å². The van der Waals surface area contributed by atoms with E-state index in [1.54, 1.807) is 24.3 Å². The Balaban J connectivity index is 0.0000106. The summed E-state index contributed by atoms with van der Waals surface area (Å²) < 4.78 is 77.9. The smallest absolute Gasteiger partial charge is 0.747 e. The van der Waals surface area contributed by atoms with Crippen LogP contribution in [-0.4, -0.2) is 39.2 Å². The number of hydrogen-bond acceptors (Lipinski definition) is 7. The van der Waals surface area contributed by atoms with Crippen molar-refractivity contribution in [1.29, 1.82) is 0 Å². The minimum absolute atomic E-state index is 0. The quantitative estimate of drug-likeness (QED) is 0.0826. The molecule has 0 amide bonds. The second-order valence-corrected chi connectivity index (χ2v) is 15.5. The van der Waals surface area contributed by atoms with Gasteiger partial charge in [0.1, 0.15) is 20.2 Å². The molecule has 0 saturated carbocycles. The Morgan fingerprint density at radius 2 is 0.809 bits per heavy atom. The molecule has 256 valence electrons. The van der Waals surface area contributed by atoms with E-state index in [4.69, 9.17) is 4.74 Å². The number of rotatable bonds is 26. The number of unbranched alkanes of at least 4 members (excludes halogenated alkanes) is 12. The molecular formula is C36H56K2O7S2. The summed E-state index contributed by atoms with van der Waals surface area (Å²) >= 11 is 0. The van der Waals surface area contributed by atoms with E-state index in [9.17, 15) is 25.9 Å².